The van der Waals surface area contributed by atoms with Crippen LogP contribution in [0, 0.1) is 5.92 Å². The smallest absolute Gasteiger partial charge is 0.693 e. The molecular weight excluding hydrogens is 281 g/mol. The molecule has 0 aliphatic rings. The number of rotatable bonds is 1. The summed E-state index contributed by atoms with van der Waals surface area (Å²) in [5.41, 5.74) is 0. The fourth-order valence-electron chi connectivity index (χ4n) is 0. The van der Waals surface area contributed by atoms with Gasteiger partial charge in [0.2, 0.25) is 0 Å². The van der Waals surface area contributed by atoms with Crippen LogP contribution in [-0.2, 0) is 22.4 Å². The summed E-state index contributed by atoms with van der Waals surface area (Å²) in [7, 11) is 10.5. The zero-order valence-electron chi connectivity index (χ0n) is 12.6. The summed E-state index contributed by atoms with van der Waals surface area (Å²) in [5.74, 6) is 1.50. The molecule has 100 valence electrons. The quantitative estimate of drug-likeness (QED) is 0.502. The van der Waals surface area contributed by atoms with Crippen molar-refractivity contribution in [3.05, 3.63) is 28.0 Å². The molecule has 0 aliphatic heterocycles. The molecule has 0 unspecified atom stereocenters. The molecule has 0 bridgehead atoms. The summed E-state index contributed by atoms with van der Waals surface area (Å²) in [6, 6.07) is 0. The Morgan fingerprint density at radius 1 is 0.750 bits per heavy atom. The van der Waals surface area contributed by atoms with E-state index in [0.717, 1.165) is 0 Å². The van der Waals surface area contributed by atoms with Crippen molar-refractivity contribution in [2.45, 2.75) is 27.2 Å². The summed E-state index contributed by atoms with van der Waals surface area (Å²) in [4.78, 5) is 0. The van der Waals surface area contributed by atoms with E-state index in [1.54, 1.807) is 42.3 Å². The Labute approximate surface area is 120 Å². The van der Waals surface area contributed by atoms with E-state index in [0.29, 0.717) is 0 Å². The third kappa shape index (κ3) is 404. The van der Waals surface area contributed by atoms with Gasteiger partial charge >= 0.3 is 22.4 Å². The second kappa shape index (κ2) is 57.6. The van der Waals surface area contributed by atoms with Crippen LogP contribution in [0.25, 0.3) is 22.1 Å². The molecule has 0 heterocycles. The van der Waals surface area contributed by atoms with Crippen LogP contribution in [0.15, 0.2) is 0 Å². The Bertz CT molecular complexity index is 50.5. The van der Waals surface area contributed by atoms with Crippen LogP contribution in [0.2, 0.25) is 0 Å². The second-order valence-electron chi connectivity index (χ2n) is 2.90. The summed E-state index contributed by atoms with van der Waals surface area (Å²) >= 11 is 0. The Morgan fingerprint density at radius 2 is 0.812 bits per heavy atom. The molecule has 0 aromatic rings. The van der Waals surface area contributed by atoms with E-state index in [2.05, 4.69) is 36.7 Å². The van der Waals surface area contributed by atoms with Crippen molar-refractivity contribution in [1.29, 1.82) is 0 Å². The molecule has 0 saturated heterocycles. The summed E-state index contributed by atoms with van der Waals surface area (Å²) in [6.45, 7) is 6.44. The fourth-order valence-corrected chi connectivity index (χ4v) is 0. The van der Waals surface area contributed by atoms with Gasteiger partial charge in [-0.3, -0.25) is 0 Å². The second-order valence-corrected chi connectivity index (χ2v) is 2.90. The van der Waals surface area contributed by atoms with Crippen LogP contribution in [0.1, 0.15) is 27.2 Å². The van der Waals surface area contributed by atoms with Gasteiger partial charge in [-0.15, -0.1) is 0 Å². The topological polar surface area (TPSA) is 75.8 Å². The van der Waals surface area contributed by atoms with Gasteiger partial charge in [-0.1, -0.05) is 6.92 Å². The van der Waals surface area contributed by atoms with Crippen molar-refractivity contribution in [1.82, 2.24) is 0 Å². The van der Waals surface area contributed by atoms with Crippen LogP contribution in [-0.4, -0.2) is 42.3 Å². The van der Waals surface area contributed by atoms with Gasteiger partial charge in [0.25, 0.3) is 0 Å². The molecule has 5 heteroatoms. The van der Waals surface area contributed by atoms with Crippen LogP contribution in [0.5, 0.6) is 0 Å². The summed E-state index contributed by atoms with van der Waals surface area (Å²) in [5, 5.41) is 10.5. The van der Waals surface area contributed by atoms with Gasteiger partial charge < -0.3 is 28.0 Å². The van der Waals surface area contributed by atoms with E-state index >= 15 is 0 Å². The maximum absolute atomic E-state index is 3.50. The van der Waals surface area contributed by atoms with Gasteiger partial charge in [0.1, 0.15) is 0 Å². The first-order valence-corrected chi connectivity index (χ1v) is 4.74. The molecular formula is C11H31N4Nb. The molecule has 0 aromatic carbocycles. The molecule has 0 spiro atoms. The average Bonchev–Trinajstić information content (AvgIpc) is 2.08. The van der Waals surface area contributed by atoms with Crippen LogP contribution < -0.4 is 0 Å². The molecule has 0 fully saturated rings. The number of nitrogens with zero attached hydrogens (tertiary/aromatic N) is 3. The van der Waals surface area contributed by atoms with Crippen molar-refractivity contribution < 1.29 is 22.4 Å². The third-order valence-corrected chi connectivity index (χ3v) is 0.707. The van der Waals surface area contributed by atoms with Crippen LogP contribution >= 0.6 is 0 Å². The van der Waals surface area contributed by atoms with Gasteiger partial charge in [-0.25, -0.2) is 0 Å². The first-order chi connectivity index (χ1) is 6.51. The Kier molecular flexibility index (Phi) is 130. The zero-order chi connectivity index (χ0) is 12.4. The molecule has 0 amide bonds. The molecule has 0 aliphatic carbocycles. The van der Waals surface area contributed by atoms with Crippen LogP contribution in [0.3, 0.4) is 0 Å². The van der Waals surface area contributed by atoms with E-state index in [-0.39, 0.29) is 28.5 Å². The van der Waals surface area contributed by atoms with Crippen molar-refractivity contribution >= 4 is 0 Å². The molecule has 0 atom stereocenters. The minimum absolute atomic E-state index is 0. The maximum Gasteiger partial charge on any atom is 5.00 e. The minimum atomic E-state index is 0. The van der Waals surface area contributed by atoms with Gasteiger partial charge in [-0.2, -0.15) is 62.6 Å². The van der Waals surface area contributed by atoms with Crippen molar-refractivity contribution in [2.75, 3.05) is 42.3 Å². The van der Waals surface area contributed by atoms with Gasteiger partial charge in [0.15, 0.2) is 0 Å². The predicted octanol–water partition coefficient (Wildman–Crippen LogP) is 4.58. The van der Waals surface area contributed by atoms with E-state index < -0.39 is 0 Å². The predicted molar refractivity (Wildman–Crippen MR) is 75.8 cm³/mol. The molecule has 2 N–H and O–H groups in total. The number of hydrogen-bond acceptors (Lipinski definition) is 0. The van der Waals surface area contributed by atoms with E-state index in [4.69, 9.17) is 0 Å². The summed E-state index contributed by atoms with van der Waals surface area (Å²) in [6.07, 6.45) is 1.22. The number of nitrogens with two attached hydrogens (primary N) is 1. The normalized spacial score (nSPS) is 6.38. The SMILES string of the molecule is CC[C-](C)C.C[N-]C.C[N-]C.C[N-]C.[NH2-].[Nb+5]. The largest absolute Gasteiger partial charge is 5.00 e. The van der Waals surface area contributed by atoms with E-state index in [1.165, 1.54) is 12.3 Å². The van der Waals surface area contributed by atoms with Crippen LogP contribution in [0.4, 0.5) is 0 Å². The van der Waals surface area contributed by atoms with Gasteiger partial charge in [-0.05, 0) is 0 Å². The fraction of sp³-hybridized carbons (Fsp3) is 0.909. The molecule has 0 radical (unpaired) electrons. The third-order valence-electron chi connectivity index (χ3n) is 0.707. The first kappa shape index (κ1) is 36.0. The molecule has 0 aromatic heterocycles. The van der Waals surface area contributed by atoms with Crippen molar-refractivity contribution in [3.63, 3.8) is 0 Å². The van der Waals surface area contributed by atoms with Gasteiger partial charge in [0.05, 0.1) is 0 Å². The van der Waals surface area contributed by atoms with E-state index in [9.17, 15) is 0 Å². The Morgan fingerprint density at radius 3 is 0.812 bits per heavy atom. The standard InChI is InChI=1S/C5H11.3C2H6N.H2N.Nb/c1-4-5(2)3;3*1-3-2;;/h4H2,1-3H3;3*1-2H3;1H2;/q5*-1;+5. The van der Waals surface area contributed by atoms with Gasteiger partial charge in [0, 0.05) is 0 Å². The zero-order valence-corrected chi connectivity index (χ0v) is 14.8. The van der Waals surface area contributed by atoms with Crippen molar-refractivity contribution in [2.24, 2.45) is 0 Å². The molecule has 0 saturated carbocycles. The summed E-state index contributed by atoms with van der Waals surface area (Å²) < 4.78 is 0. The molecule has 0 rings (SSSR count). The minimum Gasteiger partial charge on any atom is -0.693 e. The maximum atomic E-state index is 3.50. The Hall–Kier alpha value is 0.580. The molecule has 16 heavy (non-hydrogen) atoms. The molecule has 4 nitrogen and oxygen atoms in total. The van der Waals surface area contributed by atoms with E-state index in [1.807, 2.05) is 0 Å². The monoisotopic (exact) mass is 312 g/mol. The Balaban J connectivity index is -0.0000000206. The number of hydrogen-bond donors (Lipinski definition) is 0. The average molecular weight is 312 g/mol. The van der Waals surface area contributed by atoms with Crippen molar-refractivity contribution in [3.8, 4) is 0 Å². The first-order valence-electron chi connectivity index (χ1n) is 4.74.